The van der Waals surface area contributed by atoms with Crippen molar-refractivity contribution in [1.82, 2.24) is 20.9 Å². The molecule has 334 valence electrons. The molecule has 0 aromatic rings. The first-order valence-corrected chi connectivity index (χ1v) is 22.1. The van der Waals surface area contributed by atoms with Crippen molar-refractivity contribution in [1.29, 1.82) is 0 Å². The van der Waals surface area contributed by atoms with E-state index in [0.717, 1.165) is 19.3 Å². The summed E-state index contributed by atoms with van der Waals surface area (Å²) in [6, 6.07) is -2.80. The van der Waals surface area contributed by atoms with Crippen LogP contribution in [0.2, 0.25) is 0 Å². The van der Waals surface area contributed by atoms with Gasteiger partial charge in [0, 0.05) is 20.0 Å². The maximum Gasteiger partial charge on any atom is 0.326 e. The summed E-state index contributed by atoms with van der Waals surface area (Å²) in [5, 5.41) is 25.0. The van der Waals surface area contributed by atoms with Crippen LogP contribution in [0.5, 0.6) is 0 Å². The number of nitrogens with one attached hydrogen (secondary N) is 3. The first-order valence-electron chi connectivity index (χ1n) is 22.1. The number of rotatable bonds is 39. The molecule has 0 rings (SSSR count). The maximum atomic E-state index is 13.0. The van der Waals surface area contributed by atoms with Crippen LogP contribution in [-0.4, -0.2) is 94.9 Å². The average molecular weight is 822 g/mol. The third kappa shape index (κ3) is 33.9. The van der Waals surface area contributed by atoms with Gasteiger partial charge in [0.05, 0.1) is 19.5 Å². The van der Waals surface area contributed by atoms with Gasteiger partial charge >= 0.3 is 11.9 Å². The number of hydrogen-bond acceptors (Lipinski definition) is 7. The SMILES string of the molecule is CCCCCCCCCCCCCCCCCCCCCC/C=C/CCCN(CC(=O)NC(CCCN=C(N)N)C(=O)NCC(=O)NC(CC(=O)O)C(=O)O)C(C)=O. The molecule has 0 aliphatic rings. The minimum Gasteiger partial charge on any atom is -0.481 e. The summed E-state index contributed by atoms with van der Waals surface area (Å²) in [5.41, 5.74) is 10.7. The number of aliphatic carboxylic acids is 2. The molecule has 2 unspecified atom stereocenters. The molecule has 0 saturated carbocycles. The molecule has 0 aromatic carbocycles. The number of nitrogens with zero attached hydrogens (tertiary/aromatic N) is 2. The van der Waals surface area contributed by atoms with E-state index in [-0.39, 0.29) is 31.4 Å². The highest BCUT2D eigenvalue weighted by atomic mass is 16.4. The molecule has 0 bridgehead atoms. The Kier molecular flexibility index (Phi) is 34.5. The highest BCUT2D eigenvalue weighted by Gasteiger charge is 2.25. The third-order valence-electron chi connectivity index (χ3n) is 10.0. The van der Waals surface area contributed by atoms with E-state index in [1.165, 1.54) is 134 Å². The summed E-state index contributed by atoms with van der Waals surface area (Å²) in [6.07, 6.45) is 33.6. The second-order valence-electron chi connectivity index (χ2n) is 15.4. The first kappa shape index (κ1) is 53.8. The van der Waals surface area contributed by atoms with Crippen LogP contribution in [0.4, 0.5) is 0 Å². The summed E-state index contributed by atoms with van der Waals surface area (Å²) >= 11 is 0. The topological polar surface area (TPSA) is 247 Å². The lowest BCUT2D eigenvalue weighted by molar-refractivity contribution is -0.147. The van der Waals surface area contributed by atoms with Crippen LogP contribution in [0, 0.1) is 0 Å². The quantitative estimate of drug-likeness (QED) is 0.0163. The molecular formula is C43H79N7O8. The van der Waals surface area contributed by atoms with Gasteiger partial charge < -0.3 is 42.5 Å². The van der Waals surface area contributed by atoms with E-state index in [1.54, 1.807) is 0 Å². The molecule has 58 heavy (non-hydrogen) atoms. The number of hydrogen-bond donors (Lipinski definition) is 7. The highest BCUT2D eigenvalue weighted by Crippen LogP contribution is 2.15. The largest absolute Gasteiger partial charge is 0.481 e. The summed E-state index contributed by atoms with van der Waals surface area (Å²) in [6.45, 7) is 3.24. The lowest BCUT2D eigenvalue weighted by Crippen LogP contribution is -2.52. The van der Waals surface area contributed by atoms with E-state index in [2.05, 4.69) is 34.7 Å². The van der Waals surface area contributed by atoms with Crippen molar-refractivity contribution in [2.24, 2.45) is 16.5 Å². The Balaban J connectivity index is 4.30. The number of allylic oxidation sites excluding steroid dienone is 2. The van der Waals surface area contributed by atoms with Crippen molar-refractivity contribution in [3.63, 3.8) is 0 Å². The monoisotopic (exact) mass is 822 g/mol. The van der Waals surface area contributed by atoms with Crippen LogP contribution >= 0.6 is 0 Å². The minimum atomic E-state index is -1.68. The van der Waals surface area contributed by atoms with E-state index in [0.29, 0.717) is 19.4 Å². The van der Waals surface area contributed by atoms with Crippen molar-refractivity contribution in [2.75, 3.05) is 26.2 Å². The Morgan fingerprint density at radius 2 is 1.10 bits per heavy atom. The summed E-state index contributed by atoms with van der Waals surface area (Å²) in [7, 11) is 0. The number of carboxylic acid groups (broad SMARTS) is 2. The molecule has 0 fully saturated rings. The Morgan fingerprint density at radius 3 is 1.55 bits per heavy atom. The summed E-state index contributed by atoms with van der Waals surface area (Å²) in [4.78, 5) is 77.8. The van der Waals surface area contributed by atoms with Crippen LogP contribution < -0.4 is 27.4 Å². The molecule has 0 heterocycles. The molecule has 15 nitrogen and oxygen atoms in total. The number of carboxylic acids is 2. The number of carbonyl (C=O) groups excluding carboxylic acids is 4. The van der Waals surface area contributed by atoms with E-state index in [9.17, 15) is 28.8 Å². The van der Waals surface area contributed by atoms with Crippen LogP contribution in [0.25, 0.3) is 0 Å². The normalized spacial score (nSPS) is 12.1. The number of amides is 4. The molecule has 15 heteroatoms. The molecular weight excluding hydrogens is 743 g/mol. The fourth-order valence-corrected chi connectivity index (χ4v) is 6.60. The van der Waals surface area contributed by atoms with Gasteiger partial charge in [-0.05, 0) is 38.5 Å². The maximum absolute atomic E-state index is 13.0. The van der Waals surface area contributed by atoms with Gasteiger partial charge in [-0.15, -0.1) is 0 Å². The zero-order chi connectivity index (χ0) is 43.2. The molecule has 2 atom stereocenters. The van der Waals surface area contributed by atoms with Gasteiger partial charge in [0.1, 0.15) is 12.1 Å². The molecule has 0 aromatic heterocycles. The Morgan fingerprint density at radius 1 is 0.638 bits per heavy atom. The number of guanidine groups is 1. The Hall–Kier alpha value is -4.17. The van der Waals surface area contributed by atoms with Crippen LogP contribution in [0.3, 0.4) is 0 Å². The van der Waals surface area contributed by atoms with Crippen molar-refractivity contribution in [3.05, 3.63) is 12.2 Å². The highest BCUT2D eigenvalue weighted by molar-refractivity contribution is 5.93. The van der Waals surface area contributed by atoms with Crippen LogP contribution in [0.15, 0.2) is 17.1 Å². The minimum absolute atomic E-state index is 0.0944. The molecule has 4 amide bonds. The number of nitrogens with two attached hydrogens (primary N) is 2. The number of carbonyl (C=O) groups is 6. The van der Waals surface area contributed by atoms with E-state index >= 15 is 0 Å². The van der Waals surface area contributed by atoms with Gasteiger partial charge in [0.2, 0.25) is 23.6 Å². The Bertz CT molecular complexity index is 1210. The van der Waals surface area contributed by atoms with E-state index < -0.39 is 54.7 Å². The van der Waals surface area contributed by atoms with Crippen LogP contribution in [-0.2, 0) is 28.8 Å². The predicted octanol–water partition coefficient (Wildman–Crippen LogP) is 6.08. The number of unbranched alkanes of at least 4 members (excludes halogenated alkanes) is 21. The standard InChI is InChI=1S/C43H79N7O8/c1-3-4-5-6-7-8-9-10-11-12-13-14-15-16-17-18-19-20-21-22-23-24-25-26-27-31-50(35(2)51)34-39(53)48-36(29-28-30-46-43(44)45)41(56)47-33-38(52)49-37(42(57)58)32-40(54)55/h24-25,36-37H,3-23,26-34H2,1-2H3,(H,47,56)(H,48,53)(H,49,52)(H,54,55)(H,57,58)(H4,44,45,46)/b25-24+. The lowest BCUT2D eigenvalue weighted by atomic mass is 10.0. The van der Waals surface area contributed by atoms with Crippen molar-refractivity contribution in [3.8, 4) is 0 Å². The summed E-state index contributed by atoms with van der Waals surface area (Å²) in [5.74, 6) is -5.64. The van der Waals surface area contributed by atoms with Gasteiger partial charge in [0.25, 0.3) is 0 Å². The molecule has 0 aliphatic heterocycles. The molecule has 0 radical (unpaired) electrons. The van der Waals surface area contributed by atoms with Crippen LogP contribution in [0.1, 0.15) is 181 Å². The second-order valence-corrected chi connectivity index (χ2v) is 15.4. The fourth-order valence-electron chi connectivity index (χ4n) is 6.60. The molecule has 0 aliphatic carbocycles. The zero-order valence-corrected chi connectivity index (χ0v) is 35.9. The fraction of sp³-hybridized carbons (Fsp3) is 0.791. The number of aliphatic imine (C=N–C) groups is 1. The van der Waals surface area contributed by atoms with Gasteiger partial charge in [-0.2, -0.15) is 0 Å². The van der Waals surface area contributed by atoms with E-state index in [1.807, 2.05) is 5.32 Å². The molecule has 9 N–H and O–H groups in total. The predicted molar refractivity (Wildman–Crippen MR) is 230 cm³/mol. The molecule has 0 saturated heterocycles. The van der Waals surface area contributed by atoms with E-state index in [4.69, 9.17) is 21.7 Å². The summed E-state index contributed by atoms with van der Waals surface area (Å²) < 4.78 is 0. The third-order valence-corrected chi connectivity index (χ3v) is 10.0. The average Bonchev–Trinajstić information content (AvgIpc) is 3.16. The van der Waals surface area contributed by atoms with Gasteiger partial charge in [-0.1, -0.05) is 141 Å². The Labute approximate surface area is 348 Å². The van der Waals surface area contributed by atoms with Gasteiger partial charge in [0.15, 0.2) is 5.96 Å². The van der Waals surface area contributed by atoms with Gasteiger partial charge in [-0.25, -0.2) is 4.79 Å². The van der Waals surface area contributed by atoms with Crippen molar-refractivity contribution in [2.45, 2.75) is 193 Å². The second kappa shape index (κ2) is 37.1. The zero-order valence-electron chi connectivity index (χ0n) is 35.9. The van der Waals surface area contributed by atoms with Gasteiger partial charge in [-0.3, -0.25) is 29.0 Å². The lowest BCUT2D eigenvalue weighted by Gasteiger charge is -2.23. The smallest absolute Gasteiger partial charge is 0.326 e. The molecule has 0 spiro atoms. The van der Waals surface area contributed by atoms with Crippen molar-refractivity contribution >= 4 is 41.5 Å². The van der Waals surface area contributed by atoms with Crippen molar-refractivity contribution < 1.29 is 39.0 Å². The first-order chi connectivity index (χ1) is 27.9.